The molecule has 0 saturated carbocycles. The van der Waals surface area contributed by atoms with Crippen LogP contribution in [0.25, 0.3) is 0 Å². The van der Waals surface area contributed by atoms with E-state index in [2.05, 4.69) is 24.1 Å². The molecule has 1 rings (SSSR count). The van der Waals surface area contributed by atoms with Crippen molar-refractivity contribution in [2.24, 2.45) is 0 Å². The summed E-state index contributed by atoms with van der Waals surface area (Å²) in [5.41, 5.74) is 6.17. The number of nitrogens with two attached hydrogens (primary N) is 1. The molecule has 1 unspecified atom stereocenters. The molecule has 0 aliphatic rings. The van der Waals surface area contributed by atoms with Gasteiger partial charge in [0.05, 0.1) is 5.56 Å². The molecule has 4 nitrogen and oxygen atoms in total. The lowest BCUT2D eigenvalue weighted by atomic mass is 10.0. The van der Waals surface area contributed by atoms with Gasteiger partial charge in [-0.25, -0.2) is 4.98 Å². The summed E-state index contributed by atoms with van der Waals surface area (Å²) in [5.74, 6) is 0.177. The maximum absolute atomic E-state index is 12.1. The third kappa shape index (κ3) is 4.35. The average molecular weight is 249 g/mol. The van der Waals surface area contributed by atoms with Gasteiger partial charge in [-0.2, -0.15) is 0 Å². The maximum atomic E-state index is 12.1. The first-order valence-electron chi connectivity index (χ1n) is 6.70. The number of nitrogens with zero attached hydrogens (tertiary/aromatic N) is 1. The van der Waals surface area contributed by atoms with E-state index >= 15 is 0 Å². The smallest absolute Gasteiger partial charge is 0.255 e. The molecule has 4 heteroatoms. The number of aromatic nitrogens is 1. The van der Waals surface area contributed by atoms with Crippen molar-refractivity contribution in [3.05, 3.63) is 23.9 Å². The van der Waals surface area contributed by atoms with Gasteiger partial charge < -0.3 is 11.1 Å². The standard InChI is InChI=1S/C14H23N3O/c1-3-5-8-11(7-4-2)17-14(18)12-9-6-10-16-13(12)15/h6,9-11H,3-5,7-8H2,1-2H3,(H2,15,16)(H,17,18). The number of amides is 1. The van der Waals surface area contributed by atoms with E-state index in [-0.39, 0.29) is 11.9 Å². The molecule has 1 heterocycles. The van der Waals surface area contributed by atoms with Gasteiger partial charge in [-0.05, 0) is 25.0 Å². The lowest BCUT2D eigenvalue weighted by Crippen LogP contribution is -2.35. The molecule has 1 amide bonds. The van der Waals surface area contributed by atoms with Crippen LogP contribution in [-0.4, -0.2) is 16.9 Å². The van der Waals surface area contributed by atoms with E-state index in [0.29, 0.717) is 11.4 Å². The van der Waals surface area contributed by atoms with Crippen molar-refractivity contribution in [3.8, 4) is 0 Å². The van der Waals surface area contributed by atoms with Gasteiger partial charge in [-0.3, -0.25) is 4.79 Å². The van der Waals surface area contributed by atoms with Crippen molar-refractivity contribution in [3.63, 3.8) is 0 Å². The summed E-state index contributed by atoms with van der Waals surface area (Å²) in [5, 5.41) is 3.05. The second-order valence-corrected chi connectivity index (χ2v) is 4.54. The van der Waals surface area contributed by atoms with Crippen molar-refractivity contribution >= 4 is 11.7 Å². The molecule has 0 aromatic carbocycles. The number of hydrogen-bond acceptors (Lipinski definition) is 3. The Balaban J connectivity index is 2.63. The van der Waals surface area contributed by atoms with Crippen LogP contribution >= 0.6 is 0 Å². The van der Waals surface area contributed by atoms with Crippen molar-refractivity contribution in [1.29, 1.82) is 0 Å². The van der Waals surface area contributed by atoms with Crippen LogP contribution in [0.2, 0.25) is 0 Å². The number of pyridine rings is 1. The summed E-state index contributed by atoms with van der Waals surface area (Å²) < 4.78 is 0. The Morgan fingerprint density at radius 1 is 1.39 bits per heavy atom. The molecule has 100 valence electrons. The van der Waals surface area contributed by atoms with Gasteiger partial charge in [0, 0.05) is 12.2 Å². The minimum absolute atomic E-state index is 0.116. The highest BCUT2D eigenvalue weighted by molar-refractivity contribution is 5.98. The molecule has 0 saturated heterocycles. The SMILES string of the molecule is CCCCC(CCC)NC(=O)c1cccnc1N. The molecule has 0 radical (unpaired) electrons. The number of carbonyl (C=O) groups excluding carboxylic acids is 1. The number of anilines is 1. The van der Waals surface area contributed by atoms with Crippen molar-refractivity contribution in [2.45, 2.75) is 52.0 Å². The highest BCUT2D eigenvalue weighted by Crippen LogP contribution is 2.11. The Hall–Kier alpha value is -1.58. The van der Waals surface area contributed by atoms with Crippen molar-refractivity contribution < 1.29 is 4.79 Å². The van der Waals surface area contributed by atoms with Gasteiger partial charge in [0.2, 0.25) is 0 Å². The molecular formula is C14H23N3O. The van der Waals surface area contributed by atoms with Crippen LogP contribution in [0.3, 0.4) is 0 Å². The van der Waals surface area contributed by atoms with E-state index in [0.717, 1.165) is 32.1 Å². The van der Waals surface area contributed by atoms with Gasteiger partial charge in [0.15, 0.2) is 0 Å². The molecule has 1 atom stereocenters. The van der Waals surface area contributed by atoms with Crippen molar-refractivity contribution in [2.75, 3.05) is 5.73 Å². The molecule has 0 aliphatic carbocycles. The first-order valence-corrected chi connectivity index (χ1v) is 6.70. The first-order chi connectivity index (χ1) is 8.69. The highest BCUT2D eigenvalue weighted by Gasteiger charge is 2.14. The summed E-state index contributed by atoms with van der Waals surface area (Å²) in [4.78, 5) is 16.0. The summed E-state index contributed by atoms with van der Waals surface area (Å²) in [7, 11) is 0. The Morgan fingerprint density at radius 2 is 2.17 bits per heavy atom. The van der Waals surface area contributed by atoms with Crippen LogP contribution in [-0.2, 0) is 0 Å². The molecule has 3 N–H and O–H groups in total. The third-order valence-electron chi connectivity index (χ3n) is 2.96. The van der Waals surface area contributed by atoms with Crippen LogP contribution in [0, 0.1) is 0 Å². The zero-order valence-electron chi connectivity index (χ0n) is 11.3. The quantitative estimate of drug-likeness (QED) is 0.780. The minimum Gasteiger partial charge on any atom is -0.383 e. The number of hydrogen-bond donors (Lipinski definition) is 2. The Kier molecular flexibility index (Phi) is 6.19. The fourth-order valence-electron chi connectivity index (χ4n) is 1.96. The molecule has 18 heavy (non-hydrogen) atoms. The van der Waals surface area contributed by atoms with E-state index < -0.39 is 0 Å². The molecule has 1 aromatic rings. The molecular weight excluding hydrogens is 226 g/mol. The minimum atomic E-state index is -0.116. The second-order valence-electron chi connectivity index (χ2n) is 4.54. The van der Waals surface area contributed by atoms with Gasteiger partial charge in [-0.15, -0.1) is 0 Å². The fraction of sp³-hybridized carbons (Fsp3) is 0.571. The zero-order chi connectivity index (χ0) is 13.4. The summed E-state index contributed by atoms with van der Waals surface area (Å²) in [6.45, 7) is 4.29. The van der Waals surface area contributed by atoms with Gasteiger partial charge in [-0.1, -0.05) is 33.1 Å². The fourth-order valence-corrected chi connectivity index (χ4v) is 1.96. The Labute approximate surface area is 109 Å². The van der Waals surface area contributed by atoms with Crippen LogP contribution in [0.5, 0.6) is 0 Å². The number of carbonyl (C=O) groups is 1. The molecule has 0 bridgehead atoms. The van der Waals surface area contributed by atoms with Gasteiger partial charge in [0.1, 0.15) is 5.82 Å². The number of nitrogen functional groups attached to an aromatic ring is 1. The van der Waals surface area contributed by atoms with Gasteiger partial charge >= 0.3 is 0 Å². The summed E-state index contributed by atoms with van der Waals surface area (Å²) in [6, 6.07) is 3.68. The molecule has 0 spiro atoms. The van der Waals surface area contributed by atoms with E-state index in [9.17, 15) is 4.79 Å². The van der Waals surface area contributed by atoms with Crippen LogP contribution in [0.1, 0.15) is 56.3 Å². The average Bonchev–Trinajstić information content (AvgIpc) is 2.36. The largest absolute Gasteiger partial charge is 0.383 e. The lowest BCUT2D eigenvalue weighted by Gasteiger charge is -2.18. The first kappa shape index (κ1) is 14.5. The monoisotopic (exact) mass is 249 g/mol. The Bertz CT molecular complexity index is 379. The zero-order valence-corrected chi connectivity index (χ0v) is 11.3. The third-order valence-corrected chi connectivity index (χ3v) is 2.96. The number of unbranched alkanes of at least 4 members (excludes halogenated alkanes) is 1. The topological polar surface area (TPSA) is 68.0 Å². The summed E-state index contributed by atoms with van der Waals surface area (Å²) in [6.07, 6.45) is 6.96. The van der Waals surface area contributed by atoms with Gasteiger partial charge in [0.25, 0.3) is 5.91 Å². The number of rotatable bonds is 7. The summed E-state index contributed by atoms with van der Waals surface area (Å²) >= 11 is 0. The molecule has 0 fully saturated rings. The van der Waals surface area contributed by atoms with Crippen LogP contribution in [0.15, 0.2) is 18.3 Å². The number of nitrogens with one attached hydrogen (secondary N) is 1. The van der Waals surface area contributed by atoms with Crippen LogP contribution in [0.4, 0.5) is 5.82 Å². The normalized spacial score (nSPS) is 12.1. The van der Waals surface area contributed by atoms with E-state index in [4.69, 9.17) is 5.73 Å². The molecule has 1 aromatic heterocycles. The van der Waals surface area contributed by atoms with Crippen molar-refractivity contribution in [1.82, 2.24) is 10.3 Å². The Morgan fingerprint density at radius 3 is 2.78 bits per heavy atom. The van der Waals surface area contributed by atoms with Crippen LogP contribution < -0.4 is 11.1 Å². The highest BCUT2D eigenvalue weighted by atomic mass is 16.1. The molecule has 0 aliphatic heterocycles. The van der Waals surface area contributed by atoms with E-state index in [1.807, 2.05) is 0 Å². The maximum Gasteiger partial charge on any atom is 0.255 e. The predicted molar refractivity (Wildman–Crippen MR) is 74.3 cm³/mol. The van der Waals surface area contributed by atoms with E-state index in [1.54, 1.807) is 18.3 Å². The predicted octanol–water partition coefficient (Wildman–Crippen LogP) is 2.75. The second kappa shape index (κ2) is 7.69. The lowest BCUT2D eigenvalue weighted by molar-refractivity contribution is 0.0933. The van der Waals surface area contributed by atoms with E-state index in [1.165, 1.54) is 0 Å².